The van der Waals surface area contributed by atoms with Crippen molar-refractivity contribution in [2.75, 3.05) is 26.2 Å². The summed E-state index contributed by atoms with van der Waals surface area (Å²) in [5.41, 5.74) is 5.29. The van der Waals surface area contributed by atoms with Gasteiger partial charge in [-0.3, -0.25) is 9.69 Å². The first kappa shape index (κ1) is 13.4. The standard InChI is InChI=1S/C13H17BrN2O2/c14-11-1-3-12(4-2-11)18-8-7-16-6-5-10(9-16)13(15)17/h1-4,10H,5-9H2,(H2,15,17). The molecule has 1 amide bonds. The van der Waals surface area contributed by atoms with Gasteiger partial charge in [-0.1, -0.05) is 15.9 Å². The molecule has 1 aromatic carbocycles. The van der Waals surface area contributed by atoms with Crippen molar-refractivity contribution in [2.24, 2.45) is 11.7 Å². The molecule has 1 aliphatic rings. The number of carbonyl (C=O) groups is 1. The summed E-state index contributed by atoms with van der Waals surface area (Å²) < 4.78 is 6.68. The zero-order valence-electron chi connectivity index (χ0n) is 10.1. The molecule has 18 heavy (non-hydrogen) atoms. The summed E-state index contributed by atoms with van der Waals surface area (Å²) in [5.74, 6) is 0.688. The van der Waals surface area contributed by atoms with E-state index in [0.29, 0.717) is 6.61 Å². The minimum Gasteiger partial charge on any atom is -0.492 e. The molecule has 2 rings (SSSR count). The lowest BCUT2D eigenvalue weighted by molar-refractivity contribution is -0.121. The topological polar surface area (TPSA) is 55.6 Å². The molecule has 0 aliphatic carbocycles. The normalized spacial score (nSPS) is 19.9. The van der Waals surface area contributed by atoms with Crippen LogP contribution in [0.1, 0.15) is 6.42 Å². The summed E-state index contributed by atoms with van der Waals surface area (Å²) in [5, 5.41) is 0. The molecule has 98 valence electrons. The first-order valence-electron chi connectivity index (χ1n) is 6.05. The Morgan fingerprint density at radius 2 is 2.17 bits per heavy atom. The molecule has 1 atom stereocenters. The second-order valence-electron chi connectivity index (χ2n) is 4.49. The van der Waals surface area contributed by atoms with Gasteiger partial charge in [0.1, 0.15) is 12.4 Å². The van der Waals surface area contributed by atoms with E-state index in [1.54, 1.807) is 0 Å². The van der Waals surface area contributed by atoms with Crippen molar-refractivity contribution in [3.05, 3.63) is 28.7 Å². The maximum Gasteiger partial charge on any atom is 0.221 e. The van der Waals surface area contributed by atoms with E-state index in [-0.39, 0.29) is 11.8 Å². The maximum atomic E-state index is 11.0. The number of nitrogens with two attached hydrogens (primary N) is 1. The van der Waals surface area contributed by atoms with Gasteiger partial charge < -0.3 is 10.5 Å². The highest BCUT2D eigenvalue weighted by molar-refractivity contribution is 9.10. The number of carbonyl (C=O) groups excluding carboxylic acids is 1. The van der Waals surface area contributed by atoms with Crippen LogP contribution in [0.3, 0.4) is 0 Å². The van der Waals surface area contributed by atoms with E-state index in [1.165, 1.54) is 0 Å². The van der Waals surface area contributed by atoms with Gasteiger partial charge in [0.2, 0.25) is 5.91 Å². The van der Waals surface area contributed by atoms with Crippen LogP contribution in [0.25, 0.3) is 0 Å². The fraction of sp³-hybridized carbons (Fsp3) is 0.462. The zero-order valence-corrected chi connectivity index (χ0v) is 11.7. The Balaban J connectivity index is 1.70. The van der Waals surface area contributed by atoms with Crippen molar-refractivity contribution < 1.29 is 9.53 Å². The molecule has 1 unspecified atom stereocenters. The predicted octanol–water partition coefficient (Wildman–Crippen LogP) is 1.64. The van der Waals surface area contributed by atoms with Crippen molar-refractivity contribution in [1.82, 2.24) is 4.90 Å². The van der Waals surface area contributed by atoms with Crippen molar-refractivity contribution in [3.8, 4) is 5.75 Å². The number of ether oxygens (including phenoxy) is 1. The molecular formula is C13H17BrN2O2. The van der Waals surface area contributed by atoms with Gasteiger partial charge in [-0.25, -0.2) is 0 Å². The third-order valence-corrected chi connectivity index (χ3v) is 3.69. The van der Waals surface area contributed by atoms with Crippen LogP contribution in [0.2, 0.25) is 0 Å². The highest BCUT2D eigenvalue weighted by Gasteiger charge is 2.25. The van der Waals surface area contributed by atoms with Gasteiger partial charge in [-0.2, -0.15) is 0 Å². The largest absolute Gasteiger partial charge is 0.492 e. The number of nitrogens with zero attached hydrogens (tertiary/aromatic N) is 1. The summed E-state index contributed by atoms with van der Waals surface area (Å²) in [6.07, 6.45) is 0.869. The average molecular weight is 313 g/mol. The quantitative estimate of drug-likeness (QED) is 0.899. The summed E-state index contributed by atoms with van der Waals surface area (Å²) >= 11 is 3.38. The number of amides is 1. The van der Waals surface area contributed by atoms with Gasteiger partial charge >= 0.3 is 0 Å². The van der Waals surface area contributed by atoms with E-state index in [1.807, 2.05) is 24.3 Å². The van der Waals surface area contributed by atoms with Crippen LogP contribution in [0.15, 0.2) is 28.7 Å². The molecule has 1 saturated heterocycles. The minimum absolute atomic E-state index is 0.0117. The van der Waals surface area contributed by atoms with Crippen LogP contribution in [0.5, 0.6) is 5.75 Å². The van der Waals surface area contributed by atoms with Gasteiger partial charge in [-0.15, -0.1) is 0 Å². The zero-order chi connectivity index (χ0) is 13.0. The minimum atomic E-state index is -0.189. The second kappa shape index (κ2) is 6.20. The SMILES string of the molecule is NC(=O)C1CCN(CCOc2ccc(Br)cc2)C1. The van der Waals surface area contributed by atoms with E-state index < -0.39 is 0 Å². The highest BCUT2D eigenvalue weighted by Crippen LogP contribution is 2.17. The number of primary amides is 1. The number of rotatable bonds is 5. The van der Waals surface area contributed by atoms with E-state index in [0.717, 1.165) is 36.3 Å². The first-order chi connectivity index (χ1) is 8.65. The Bertz CT molecular complexity index is 408. The summed E-state index contributed by atoms with van der Waals surface area (Å²) in [6.45, 7) is 3.16. The lowest BCUT2D eigenvalue weighted by atomic mass is 10.1. The Morgan fingerprint density at radius 1 is 1.44 bits per heavy atom. The molecule has 5 heteroatoms. The van der Waals surface area contributed by atoms with Crippen molar-refractivity contribution in [2.45, 2.75) is 6.42 Å². The molecular weight excluding hydrogens is 296 g/mol. The van der Waals surface area contributed by atoms with Gasteiger partial charge in [0, 0.05) is 17.6 Å². The molecule has 2 N–H and O–H groups in total. The number of hydrogen-bond donors (Lipinski definition) is 1. The lowest BCUT2D eigenvalue weighted by Crippen LogP contribution is -2.30. The van der Waals surface area contributed by atoms with E-state index in [4.69, 9.17) is 10.5 Å². The maximum absolute atomic E-state index is 11.0. The predicted molar refractivity (Wildman–Crippen MR) is 73.4 cm³/mol. The number of likely N-dealkylation sites (tertiary alicyclic amines) is 1. The Labute approximate surface area is 115 Å². The number of benzene rings is 1. The fourth-order valence-corrected chi connectivity index (χ4v) is 2.36. The molecule has 0 bridgehead atoms. The summed E-state index contributed by atoms with van der Waals surface area (Å²) in [6, 6.07) is 7.77. The monoisotopic (exact) mass is 312 g/mol. The van der Waals surface area contributed by atoms with Gasteiger partial charge in [0.05, 0.1) is 5.92 Å². The third-order valence-electron chi connectivity index (χ3n) is 3.16. The van der Waals surface area contributed by atoms with Gasteiger partial charge in [0.25, 0.3) is 0 Å². The molecule has 0 spiro atoms. The Morgan fingerprint density at radius 3 is 2.78 bits per heavy atom. The van der Waals surface area contributed by atoms with Crippen molar-refractivity contribution in [3.63, 3.8) is 0 Å². The third kappa shape index (κ3) is 3.71. The van der Waals surface area contributed by atoms with E-state index in [9.17, 15) is 4.79 Å². The fourth-order valence-electron chi connectivity index (χ4n) is 2.09. The van der Waals surface area contributed by atoms with Crippen molar-refractivity contribution >= 4 is 21.8 Å². The molecule has 0 saturated carbocycles. The van der Waals surface area contributed by atoms with Gasteiger partial charge in [0.15, 0.2) is 0 Å². The van der Waals surface area contributed by atoms with Crippen molar-refractivity contribution in [1.29, 1.82) is 0 Å². The Hall–Kier alpha value is -1.07. The molecule has 4 nitrogen and oxygen atoms in total. The molecule has 1 heterocycles. The average Bonchev–Trinajstić information content (AvgIpc) is 2.81. The summed E-state index contributed by atoms with van der Waals surface area (Å²) in [7, 11) is 0. The van der Waals surface area contributed by atoms with Gasteiger partial charge in [-0.05, 0) is 37.2 Å². The number of halogens is 1. The summed E-state index contributed by atoms with van der Waals surface area (Å²) in [4.78, 5) is 13.3. The van der Waals surface area contributed by atoms with Crippen LogP contribution in [0, 0.1) is 5.92 Å². The Kier molecular flexibility index (Phi) is 4.60. The molecule has 1 aromatic rings. The first-order valence-corrected chi connectivity index (χ1v) is 6.84. The van der Waals surface area contributed by atoms with E-state index in [2.05, 4.69) is 20.8 Å². The second-order valence-corrected chi connectivity index (χ2v) is 5.41. The van der Waals surface area contributed by atoms with Crippen LogP contribution >= 0.6 is 15.9 Å². The smallest absolute Gasteiger partial charge is 0.221 e. The van der Waals surface area contributed by atoms with Crippen LogP contribution in [0.4, 0.5) is 0 Å². The highest BCUT2D eigenvalue weighted by atomic mass is 79.9. The van der Waals surface area contributed by atoms with Crippen LogP contribution in [-0.2, 0) is 4.79 Å². The molecule has 0 radical (unpaired) electrons. The van der Waals surface area contributed by atoms with Crippen LogP contribution < -0.4 is 10.5 Å². The lowest BCUT2D eigenvalue weighted by Gasteiger charge is -2.15. The molecule has 1 fully saturated rings. The van der Waals surface area contributed by atoms with Crippen LogP contribution in [-0.4, -0.2) is 37.0 Å². The number of hydrogen-bond acceptors (Lipinski definition) is 3. The van der Waals surface area contributed by atoms with E-state index >= 15 is 0 Å². The molecule has 1 aliphatic heterocycles. The molecule has 0 aromatic heterocycles.